The number of nitrogens with zero attached hydrogens (tertiary/aromatic N) is 1. The number of rotatable bonds is 5. The van der Waals surface area contributed by atoms with E-state index < -0.39 is 0 Å². The highest BCUT2D eigenvalue weighted by Gasteiger charge is 2.13. The fourth-order valence-corrected chi connectivity index (χ4v) is 2.82. The summed E-state index contributed by atoms with van der Waals surface area (Å²) in [6.45, 7) is 2.74. The molecule has 2 aromatic carbocycles. The number of ether oxygens (including phenoxy) is 2. The van der Waals surface area contributed by atoms with Gasteiger partial charge in [-0.15, -0.1) is 0 Å². The standard InChI is InChI=1S/C21H19N3O3/c1-14-4-2-3-5-15(14)11-23-21(25)18-8-6-17(12-22-18)24-16-7-9-19-20(10-16)27-13-26-19/h2-10,12,24H,11,13H2,1H3,(H,23,25). The molecule has 0 unspecified atom stereocenters. The summed E-state index contributed by atoms with van der Waals surface area (Å²) in [7, 11) is 0. The number of aromatic nitrogens is 1. The molecule has 27 heavy (non-hydrogen) atoms. The van der Waals surface area contributed by atoms with Gasteiger partial charge in [-0.2, -0.15) is 0 Å². The van der Waals surface area contributed by atoms with Crippen LogP contribution in [0.5, 0.6) is 11.5 Å². The number of carbonyl (C=O) groups excluding carboxylic acids is 1. The first-order chi connectivity index (χ1) is 13.2. The number of anilines is 2. The Morgan fingerprint density at radius 3 is 2.67 bits per heavy atom. The minimum Gasteiger partial charge on any atom is -0.454 e. The molecule has 3 aromatic rings. The van der Waals surface area contributed by atoms with Crippen molar-refractivity contribution in [3.63, 3.8) is 0 Å². The van der Waals surface area contributed by atoms with E-state index in [1.165, 1.54) is 0 Å². The minimum absolute atomic E-state index is 0.201. The molecule has 1 aliphatic rings. The Morgan fingerprint density at radius 1 is 1.04 bits per heavy atom. The summed E-state index contributed by atoms with van der Waals surface area (Å²) in [4.78, 5) is 16.6. The highest BCUT2D eigenvalue weighted by atomic mass is 16.7. The van der Waals surface area contributed by atoms with Gasteiger partial charge in [-0.3, -0.25) is 4.79 Å². The molecule has 0 saturated carbocycles. The number of hydrogen-bond donors (Lipinski definition) is 2. The predicted molar refractivity (Wildman–Crippen MR) is 102 cm³/mol. The van der Waals surface area contributed by atoms with Crippen LogP contribution in [0, 0.1) is 6.92 Å². The Hall–Kier alpha value is -3.54. The number of pyridine rings is 1. The van der Waals surface area contributed by atoms with E-state index in [1.54, 1.807) is 12.3 Å². The van der Waals surface area contributed by atoms with E-state index in [0.717, 1.165) is 28.3 Å². The molecule has 0 aliphatic carbocycles. The van der Waals surface area contributed by atoms with E-state index in [4.69, 9.17) is 9.47 Å². The van der Waals surface area contributed by atoms with E-state index in [-0.39, 0.29) is 12.7 Å². The molecule has 6 heteroatoms. The molecule has 0 bridgehead atoms. The lowest BCUT2D eigenvalue weighted by Gasteiger charge is -2.09. The minimum atomic E-state index is -0.201. The Morgan fingerprint density at radius 2 is 1.85 bits per heavy atom. The lowest BCUT2D eigenvalue weighted by molar-refractivity contribution is 0.0946. The molecule has 0 spiro atoms. The van der Waals surface area contributed by atoms with Crippen LogP contribution in [0.2, 0.25) is 0 Å². The average Bonchev–Trinajstić information content (AvgIpc) is 3.15. The number of fused-ring (bicyclic) bond motifs is 1. The van der Waals surface area contributed by atoms with Crippen molar-refractivity contribution < 1.29 is 14.3 Å². The third-order valence-electron chi connectivity index (χ3n) is 4.36. The number of carbonyl (C=O) groups is 1. The van der Waals surface area contributed by atoms with Gasteiger partial charge < -0.3 is 20.1 Å². The van der Waals surface area contributed by atoms with Crippen molar-refractivity contribution in [2.24, 2.45) is 0 Å². The number of hydrogen-bond acceptors (Lipinski definition) is 5. The molecule has 1 amide bonds. The van der Waals surface area contributed by atoms with Crippen LogP contribution in [-0.2, 0) is 6.54 Å². The van der Waals surface area contributed by atoms with Gasteiger partial charge in [0.25, 0.3) is 5.91 Å². The first-order valence-electron chi connectivity index (χ1n) is 8.64. The van der Waals surface area contributed by atoms with Gasteiger partial charge in [0, 0.05) is 18.3 Å². The molecule has 4 rings (SSSR count). The molecule has 136 valence electrons. The van der Waals surface area contributed by atoms with Crippen LogP contribution in [0.15, 0.2) is 60.8 Å². The van der Waals surface area contributed by atoms with Gasteiger partial charge in [-0.1, -0.05) is 24.3 Å². The van der Waals surface area contributed by atoms with Crippen LogP contribution in [0.25, 0.3) is 0 Å². The molecule has 2 N–H and O–H groups in total. The van der Waals surface area contributed by atoms with Gasteiger partial charge in [0.1, 0.15) is 5.69 Å². The summed E-state index contributed by atoms with van der Waals surface area (Å²) in [5, 5.41) is 6.14. The second-order valence-corrected chi connectivity index (χ2v) is 6.23. The zero-order chi connectivity index (χ0) is 18.6. The zero-order valence-corrected chi connectivity index (χ0v) is 14.9. The summed E-state index contributed by atoms with van der Waals surface area (Å²) in [6.07, 6.45) is 1.63. The predicted octanol–water partition coefficient (Wildman–Crippen LogP) is 3.79. The maximum Gasteiger partial charge on any atom is 0.270 e. The van der Waals surface area contributed by atoms with E-state index in [9.17, 15) is 4.79 Å². The molecular formula is C21H19N3O3. The number of amides is 1. The second-order valence-electron chi connectivity index (χ2n) is 6.23. The van der Waals surface area contributed by atoms with Gasteiger partial charge >= 0.3 is 0 Å². The Bertz CT molecular complexity index is 971. The first kappa shape index (κ1) is 16.9. The maximum atomic E-state index is 12.3. The zero-order valence-electron chi connectivity index (χ0n) is 14.9. The lowest BCUT2D eigenvalue weighted by Crippen LogP contribution is -2.24. The van der Waals surface area contributed by atoms with E-state index in [0.29, 0.717) is 18.0 Å². The van der Waals surface area contributed by atoms with Crippen molar-refractivity contribution in [2.45, 2.75) is 13.5 Å². The van der Waals surface area contributed by atoms with E-state index in [1.807, 2.05) is 55.5 Å². The van der Waals surface area contributed by atoms with E-state index >= 15 is 0 Å². The van der Waals surface area contributed by atoms with Crippen molar-refractivity contribution in [3.05, 3.63) is 77.6 Å². The molecule has 0 radical (unpaired) electrons. The third kappa shape index (κ3) is 3.84. The Labute approximate surface area is 157 Å². The fraction of sp³-hybridized carbons (Fsp3) is 0.143. The summed E-state index contributed by atoms with van der Waals surface area (Å²) in [6, 6.07) is 17.1. The van der Waals surface area contributed by atoms with Crippen molar-refractivity contribution >= 4 is 17.3 Å². The second kappa shape index (κ2) is 7.37. The molecule has 0 saturated heterocycles. The van der Waals surface area contributed by atoms with Gasteiger partial charge in [0.2, 0.25) is 6.79 Å². The highest BCUT2D eigenvalue weighted by Crippen LogP contribution is 2.35. The third-order valence-corrected chi connectivity index (χ3v) is 4.36. The Kier molecular flexibility index (Phi) is 4.61. The summed E-state index contributed by atoms with van der Waals surface area (Å²) < 4.78 is 10.7. The number of aryl methyl sites for hydroxylation is 1. The monoisotopic (exact) mass is 361 g/mol. The van der Waals surface area contributed by atoms with Gasteiger partial charge in [0.15, 0.2) is 11.5 Å². The quantitative estimate of drug-likeness (QED) is 0.723. The highest BCUT2D eigenvalue weighted by molar-refractivity contribution is 5.92. The number of nitrogens with one attached hydrogen (secondary N) is 2. The van der Waals surface area contributed by atoms with Gasteiger partial charge in [-0.05, 0) is 42.3 Å². The molecule has 1 aromatic heterocycles. The van der Waals surface area contributed by atoms with Crippen molar-refractivity contribution in [1.29, 1.82) is 0 Å². The lowest BCUT2D eigenvalue weighted by atomic mass is 10.1. The van der Waals surface area contributed by atoms with Crippen LogP contribution in [-0.4, -0.2) is 17.7 Å². The summed E-state index contributed by atoms with van der Waals surface area (Å²) >= 11 is 0. The largest absolute Gasteiger partial charge is 0.454 e. The number of benzene rings is 2. The summed E-state index contributed by atoms with van der Waals surface area (Å²) in [5.41, 5.74) is 4.25. The fourth-order valence-electron chi connectivity index (χ4n) is 2.82. The Balaban J connectivity index is 1.38. The van der Waals surface area contributed by atoms with Gasteiger partial charge in [0.05, 0.1) is 11.9 Å². The molecule has 0 fully saturated rings. The van der Waals surface area contributed by atoms with Crippen molar-refractivity contribution in [2.75, 3.05) is 12.1 Å². The topological polar surface area (TPSA) is 72.5 Å². The molecule has 2 heterocycles. The van der Waals surface area contributed by atoms with Crippen LogP contribution in [0.4, 0.5) is 11.4 Å². The van der Waals surface area contributed by atoms with Crippen LogP contribution in [0.1, 0.15) is 21.6 Å². The molecule has 0 atom stereocenters. The first-order valence-corrected chi connectivity index (χ1v) is 8.64. The molecular weight excluding hydrogens is 342 g/mol. The maximum absolute atomic E-state index is 12.3. The van der Waals surface area contributed by atoms with Crippen molar-refractivity contribution in [1.82, 2.24) is 10.3 Å². The average molecular weight is 361 g/mol. The van der Waals surface area contributed by atoms with Crippen molar-refractivity contribution in [3.8, 4) is 11.5 Å². The smallest absolute Gasteiger partial charge is 0.270 e. The normalized spacial score (nSPS) is 11.9. The SMILES string of the molecule is Cc1ccccc1CNC(=O)c1ccc(Nc2ccc3c(c2)OCO3)cn1. The van der Waals surface area contributed by atoms with Crippen LogP contribution in [0.3, 0.4) is 0 Å². The van der Waals surface area contributed by atoms with Crippen LogP contribution < -0.4 is 20.1 Å². The van der Waals surface area contributed by atoms with Gasteiger partial charge in [-0.25, -0.2) is 4.98 Å². The molecule has 1 aliphatic heterocycles. The molecule has 6 nitrogen and oxygen atoms in total. The summed E-state index contributed by atoms with van der Waals surface area (Å²) in [5.74, 6) is 1.24. The van der Waals surface area contributed by atoms with E-state index in [2.05, 4.69) is 15.6 Å². The van der Waals surface area contributed by atoms with Crippen LogP contribution >= 0.6 is 0 Å².